The number of nitrogens with zero attached hydrogens (tertiary/aromatic N) is 1. The fourth-order valence-electron chi connectivity index (χ4n) is 2.85. The SMILES string of the molecule is O=C(O)c1ccc(C(=O)N2CCC(Cc3ccccc3)C2)s1. The van der Waals surface area contributed by atoms with E-state index in [1.165, 1.54) is 11.6 Å². The molecule has 5 heteroatoms. The summed E-state index contributed by atoms with van der Waals surface area (Å²) in [4.78, 5) is 25.9. The number of likely N-dealkylation sites (tertiary alicyclic amines) is 1. The number of carboxylic acids is 1. The molecule has 1 aliphatic heterocycles. The van der Waals surface area contributed by atoms with Crippen molar-refractivity contribution in [2.75, 3.05) is 13.1 Å². The first-order valence-corrected chi connectivity index (χ1v) is 8.11. The van der Waals surface area contributed by atoms with Crippen LogP contribution in [0.15, 0.2) is 42.5 Å². The zero-order valence-corrected chi connectivity index (χ0v) is 12.9. The van der Waals surface area contributed by atoms with Gasteiger partial charge in [0, 0.05) is 13.1 Å². The highest BCUT2D eigenvalue weighted by Crippen LogP contribution is 2.25. The van der Waals surface area contributed by atoms with Crippen LogP contribution in [0.25, 0.3) is 0 Å². The van der Waals surface area contributed by atoms with Crippen LogP contribution in [-0.2, 0) is 6.42 Å². The Balaban J connectivity index is 1.62. The Hall–Kier alpha value is -2.14. The number of thiophene rings is 1. The number of carboxylic acid groups (broad SMARTS) is 1. The molecule has 1 fully saturated rings. The summed E-state index contributed by atoms with van der Waals surface area (Å²) in [6, 6.07) is 13.4. The first-order chi connectivity index (χ1) is 10.6. The Kier molecular flexibility index (Phi) is 4.24. The molecule has 1 aromatic carbocycles. The Labute approximate surface area is 133 Å². The normalized spacial score (nSPS) is 17.6. The van der Waals surface area contributed by atoms with Gasteiger partial charge >= 0.3 is 5.97 Å². The lowest BCUT2D eigenvalue weighted by Gasteiger charge is -2.15. The van der Waals surface area contributed by atoms with Crippen LogP contribution in [0, 0.1) is 5.92 Å². The van der Waals surface area contributed by atoms with Crippen LogP contribution >= 0.6 is 11.3 Å². The van der Waals surface area contributed by atoms with E-state index in [0.29, 0.717) is 10.8 Å². The molecule has 2 heterocycles. The van der Waals surface area contributed by atoms with E-state index in [4.69, 9.17) is 5.11 Å². The van der Waals surface area contributed by atoms with Gasteiger partial charge in [-0.1, -0.05) is 30.3 Å². The molecule has 1 atom stereocenters. The fraction of sp³-hybridized carbons (Fsp3) is 0.294. The molecule has 22 heavy (non-hydrogen) atoms. The molecule has 0 saturated carbocycles. The summed E-state index contributed by atoms with van der Waals surface area (Å²) in [5.74, 6) is -0.550. The van der Waals surface area contributed by atoms with Crippen LogP contribution in [0.2, 0.25) is 0 Å². The van der Waals surface area contributed by atoms with Crippen LogP contribution in [0.1, 0.15) is 31.3 Å². The summed E-state index contributed by atoms with van der Waals surface area (Å²) in [6.45, 7) is 1.49. The van der Waals surface area contributed by atoms with E-state index in [-0.39, 0.29) is 10.8 Å². The number of carbonyl (C=O) groups is 2. The van der Waals surface area contributed by atoms with E-state index in [0.717, 1.165) is 37.3 Å². The molecule has 0 spiro atoms. The maximum atomic E-state index is 12.4. The van der Waals surface area contributed by atoms with E-state index in [1.54, 1.807) is 6.07 Å². The topological polar surface area (TPSA) is 57.6 Å². The molecule has 1 amide bonds. The third kappa shape index (κ3) is 3.20. The van der Waals surface area contributed by atoms with Crippen molar-refractivity contribution in [2.24, 2.45) is 5.92 Å². The quantitative estimate of drug-likeness (QED) is 0.943. The molecule has 1 saturated heterocycles. The zero-order chi connectivity index (χ0) is 15.5. The van der Waals surface area contributed by atoms with E-state index in [2.05, 4.69) is 12.1 Å². The van der Waals surface area contributed by atoms with Gasteiger partial charge in [0.25, 0.3) is 5.91 Å². The third-order valence-corrected chi connectivity index (χ3v) is 5.03. The van der Waals surface area contributed by atoms with E-state index in [1.807, 2.05) is 23.1 Å². The molecule has 0 radical (unpaired) electrons. The minimum Gasteiger partial charge on any atom is -0.477 e. The molecule has 1 aromatic heterocycles. The predicted molar refractivity (Wildman–Crippen MR) is 85.4 cm³/mol. The van der Waals surface area contributed by atoms with Crippen molar-refractivity contribution in [2.45, 2.75) is 12.8 Å². The second kappa shape index (κ2) is 6.32. The zero-order valence-electron chi connectivity index (χ0n) is 12.1. The molecular weight excluding hydrogens is 298 g/mol. The molecule has 1 N–H and O–H groups in total. The largest absolute Gasteiger partial charge is 0.477 e. The van der Waals surface area contributed by atoms with Crippen molar-refractivity contribution in [1.29, 1.82) is 0 Å². The lowest BCUT2D eigenvalue weighted by atomic mass is 9.99. The number of benzene rings is 1. The van der Waals surface area contributed by atoms with Crippen LogP contribution in [0.5, 0.6) is 0 Å². The van der Waals surface area contributed by atoms with Gasteiger partial charge < -0.3 is 10.0 Å². The number of hydrogen-bond donors (Lipinski definition) is 1. The number of hydrogen-bond acceptors (Lipinski definition) is 3. The molecular formula is C17H17NO3S. The van der Waals surface area contributed by atoms with Gasteiger partial charge in [0.1, 0.15) is 4.88 Å². The Morgan fingerprint density at radius 3 is 2.55 bits per heavy atom. The van der Waals surface area contributed by atoms with Crippen LogP contribution in [0.4, 0.5) is 0 Å². The average molecular weight is 315 g/mol. The highest BCUT2D eigenvalue weighted by atomic mass is 32.1. The number of amides is 1. The maximum Gasteiger partial charge on any atom is 0.345 e. The monoisotopic (exact) mass is 315 g/mol. The maximum absolute atomic E-state index is 12.4. The minimum atomic E-state index is -0.979. The van der Waals surface area contributed by atoms with Gasteiger partial charge in [-0.05, 0) is 36.5 Å². The Morgan fingerprint density at radius 2 is 1.86 bits per heavy atom. The van der Waals surface area contributed by atoms with Gasteiger partial charge in [-0.25, -0.2) is 4.79 Å². The van der Waals surface area contributed by atoms with Crippen molar-refractivity contribution in [1.82, 2.24) is 4.90 Å². The fourth-order valence-corrected chi connectivity index (χ4v) is 3.67. The Morgan fingerprint density at radius 1 is 1.14 bits per heavy atom. The van der Waals surface area contributed by atoms with Crippen molar-refractivity contribution >= 4 is 23.2 Å². The van der Waals surface area contributed by atoms with Crippen LogP contribution in [-0.4, -0.2) is 35.0 Å². The summed E-state index contributed by atoms with van der Waals surface area (Å²) in [6.07, 6.45) is 1.98. The van der Waals surface area contributed by atoms with E-state index < -0.39 is 5.97 Å². The van der Waals surface area contributed by atoms with Gasteiger partial charge in [0.05, 0.1) is 4.88 Å². The van der Waals surface area contributed by atoms with Gasteiger partial charge in [-0.15, -0.1) is 11.3 Å². The van der Waals surface area contributed by atoms with Crippen molar-refractivity contribution in [3.8, 4) is 0 Å². The molecule has 0 bridgehead atoms. The van der Waals surface area contributed by atoms with Gasteiger partial charge in [-0.3, -0.25) is 4.79 Å². The van der Waals surface area contributed by atoms with E-state index in [9.17, 15) is 9.59 Å². The molecule has 1 unspecified atom stereocenters. The lowest BCUT2D eigenvalue weighted by molar-refractivity contribution is 0.0701. The minimum absolute atomic E-state index is 0.0481. The third-order valence-electron chi connectivity index (χ3n) is 3.97. The number of rotatable bonds is 4. The molecule has 2 aromatic rings. The molecule has 4 nitrogen and oxygen atoms in total. The lowest BCUT2D eigenvalue weighted by Crippen LogP contribution is -2.28. The summed E-state index contributed by atoms with van der Waals surface area (Å²) >= 11 is 1.05. The first-order valence-electron chi connectivity index (χ1n) is 7.30. The molecule has 3 rings (SSSR count). The average Bonchev–Trinajstić information content (AvgIpc) is 3.17. The van der Waals surface area contributed by atoms with Crippen LogP contribution in [0.3, 0.4) is 0 Å². The number of aromatic carboxylic acids is 1. The van der Waals surface area contributed by atoms with Gasteiger partial charge in [0.15, 0.2) is 0 Å². The van der Waals surface area contributed by atoms with Crippen LogP contribution < -0.4 is 0 Å². The van der Waals surface area contributed by atoms with Crippen molar-refractivity contribution in [3.05, 3.63) is 57.8 Å². The molecule has 114 valence electrons. The summed E-state index contributed by atoms with van der Waals surface area (Å²) in [7, 11) is 0. The molecule has 1 aliphatic rings. The standard InChI is InChI=1S/C17H17NO3S/c19-16(14-6-7-15(22-14)17(20)21)18-9-8-13(11-18)10-12-4-2-1-3-5-12/h1-7,13H,8-11H2,(H,20,21). The summed E-state index contributed by atoms with van der Waals surface area (Å²) in [5, 5.41) is 8.94. The summed E-state index contributed by atoms with van der Waals surface area (Å²) in [5.41, 5.74) is 1.30. The summed E-state index contributed by atoms with van der Waals surface area (Å²) < 4.78 is 0. The predicted octanol–water partition coefficient (Wildman–Crippen LogP) is 3.15. The highest BCUT2D eigenvalue weighted by molar-refractivity contribution is 7.15. The van der Waals surface area contributed by atoms with Gasteiger partial charge in [-0.2, -0.15) is 0 Å². The molecule has 0 aliphatic carbocycles. The second-order valence-corrected chi connectivity index (χ2v) is 6.65. The highest BCUT2D eigenvalue weighted by Gasteiger charge is 2.28. The van der Waals surface area contributed by atoms with E-state index >= 15 is 0 Å². The number of carbonyl (C=O) groups excluding carboxylic acids is 1. The van der Waals surface area contributed by atoms with Crippen molar-refractivity contribution < 1.29 is 14.7 Å². The second-order valence-electron chi connectivity index (χ2n) is 5.56. The van der Waals surface area contributed by atoms with Gasteiger partial charge in [0.2, 0.25) is 0 Å². The smallest absolute Gasteiger partial charge is 0.345 e. The van der Waals surface area contributed by atoms with Crippen molar-refractivity contribution in [3.63, 3.8) is 0 Å². The Bertz CT molecular complexity index is 680. The first kappa shape index (κ1) is 14.8.